The molecule has 1 rings (SSSR count). The Bertz CT molecular complexity index is 505. The van der Waals surface area contributed by atoms with Gasteiger partial charge in [-0.15, -0.1) is 6.42 Å². The Kier molecular flexibility index (Phi) is 4.54. The highest BCUT2D eigenvalue weighted by atomic mass is 79.9. The van der Waals surface area contributed by atoms with Gasteiger partial charge in [0, 0.05) is 4.47 Å². The van der Waals surface area contributed by atoms with Crippen molar-refractivity contribution in [2.75, 3.05) is 0 Å². The molecular formula is C11H12BrNO2S. The third-order valence-corrected chi connectivity index (χ3v) is 4.52. The summed E-state index contributed by atoms with van der Waals surface area (Å²) < 4.78 is 26.9. The van der Waals surface area contributed by atoms with Crippen molar-refractivity contribution in [2.45, 2.75) is 24.3 Å². The number of halogens is 1. The third-order valence-electron chi connectivity index (χ3n) is 2.03. The molecule has 1 atom stereocenters. The predicted molar refractivity (Wildman–Crippen MR) is 67.4 cm³/mol. The molecule has 0 heterocycles. The van der Waals surface area contributed by atoms with Crippen LogP contribution in [0.3, 0.4) is 0 Å². The summed E-state index contributed by atoms with van der Waals surface area (Å²) in [5.41, 5.74) is 0. The summed E-state index contributed by atoms with van der Waals surface area (Å²) in [5, 5.41) is 0. The van der Waals surface area contributed by atoms with Crippen molar-refractivity contribution in [2.24, 2.45) is 0 Å². The second kappa shape index (κ2) is 5.48. The monoisotopic (exact) mass is 301 g/mol. The summed E-state index contributed by atoms with van der Waals surface area (Å²) in [6.07, 6.45) is 5.77. The Balaban J connectivity index is 3.05. The number of nitrogens with one attached hydrogen (secondary N) is 1. The zero-order valence-electron chi connectivity index (χ0n) is 8.77. The molecule has 1 aromatic carbocycles. The fraction of sp³-hybridized carbons (Fsp3) is 0.273. The Labute approximate surface area is 104 Å². The summed E-state index contributed by atoms with van der Waals surface area (Å²) in [7, 11) is -3.55. The lowest BCUT2D eigenvalue weighted by atomic mass is 10.3. The minimum Gasteiger partial charge on any atom is -0.207 e. The van der Waals surface area contributed by atoms with Gasteiger partial charge in [0.1, 0.15) is 0 Å². The number of terminal acetylenes is 1. The first-order chi connectivity index (χ1) is 7.51. The van der Waals surface area contributed by atoms with Gasteiger partial charge >= 0.3 is 0 Å². The highest BCUT2D eigenvalue weighted by Gasteiger charge is 2.19. The molecule has 5 heteroatoms. The van der Waals surface area contributed by atoms with E-state index in [0.29, 0.717) is 10.9 Å². The van der Waals surface area contributed by atoms with E-state index in [2.05, 4.69) is 26.6 Å². The van der Waals surface area contributed by atoms with Crippen LogP contribution in [0.1, 0.15) is 13.3 Å². The first-order valence-electron chi connectivity index (χ1n) is 4.74. The van der Waals surface area contributed by atoms with E-state index < -0.39 is 16.1 Å². The van der Waals surface area contributed by atoms with Crippen LogP contribution in [-0.2, 0) is 10.0 Å². The van der Waals surface area contributed by atoms with E-state index in [1.54, 1.807) is 18.2 Å². The van der Waals surface area contributed by atoms with Crippen LogP contribution in [-0.4, -0.2) is 14.5 Å². The van der Waals surface area contributed by atoms with Crippen molar-refractivity contribution in [1.82, 2.24) is 4.72 Å². The SMILES string of the molecule is C#CC(CC)NS(=O)(=O)c1ccccc1Br. The molecule has 0 spiro atoms. The average Bonchev–Trinajstić information content (AvgIpc) is 2.26. The van der Waals surface area contributed by atoms with Gasteiger partial charge in [-0.1, -0.05) is 25.0 Å². The standard InChI is InChI=1S/C11H12BrNO2S/c1-3-9(4-2)13-16(14,15)11-8-6-5-7-10(11)12/h1,5-9,13H,4H2,2H3. The van der Waals surface area contributed by atoms with Crippen LogP contribution in [0, 0.1) is 12.3 Å². The number of hydrogen-bond donors (Lipinski definition) is 1. The Morgan fingerprint density at radius 2 is 2.12 bits per heavy atom. The highest BCUT2D eigenvalue weighted by Crippen LogP contribution is 2.21. The van der Waals surface area contributed by atoms with E-state index in [-0.39, 0.29) is 4.90 Å². The van der Waals surface area contributed by atoms with Crippen LogP contribution in [0.5, 0.6) is 0 Å². The molecule has 1 unspecified atom stereocenters. The topological polar surface area (TPSA) is 46.2 Å². The van der Waals surface area contributed by atoms with E-state index in [1.165, 1.54) is 6.07 Å². The molecule has 0 radical (unpaired) electrons. The molecule has 0 bridgehead atoms. The number of sulfonamides is 1. The fourth-order valence-corrected chi connectivity index (χ4v) is 3.39. The van der Waals surface area contributed by atoms with Crippen LogP contribution in [0.25, 0.3) is 0 Å². The third kappa shape index (κ3) is 3.08. The van der Waals surface area contributed by atoms with Crippen molar-refractivity contribution < 1.29 is 8.42 Å². The van der Waals surface area contributed by atoms with Gasteiger partial charge in [0.15, 0.2) is 0 Å². The van der Waals surface area contributed by atoms with Crippen LogP contribution in [0.4, 0.5) is 0 Å². The van der Waals surface area contributed by atoms with Gasteiger partial charge in [-0.25, -0.2) is 8.42 Å². The van der Waals surface area contributed by atoms with E-state index in [1.807, 2.05) is 6.92 Å². The number of hydrogen-bond acceptors (Lipinski definition) is 2. The van der Waals surface area contributed by atoms with Gasteiger partial charge < -0.3 is 0 Å². The minimum absolute atomic E-state index is 0.198. The molecule has 3 nitrogen and oxygen atoms in total. The highest BCUT2D eigenvalue weighted by molar-refractivity contribution is 9.10. The molecule has 0 aromatic heterocycles. The Morgan fingerprint density at radius 3 is 2.62 bits per heavy atom. The van der Waals surface area contributed by atoms with Crippen molar-refractivity contribution in [3.05, 3.63) is 28.7 Å². The normalized spacial score (nSPS) is 13.1. The van der Waals surface area contributed by atoms with Crippen molar-refractivity contribution in [3.8, 4) is 12.3 Å². The zero-order valence-corrected chi connectivity index (χ0v) is 11.2. The molecule has 86 valence electrons. The Hall–Kier alpha value is -0.830. The van der Waals surface area contributed by atoms with Crippen molar-refractivity contribution in [1.29, 1.82) is 0 Å². The molecule has 1 aromatic rings. The predicted octanol–water partition coefficient (Wildman–Crippen LogP) is 2.14. The molecule has 0 saturated heterocycles. The smallest absolute Gasteiger partial charge is 0.207 e. The van der Waals surface area contributed by atoms with Crippen LogP contribution in [0.15, 0.2) is 33.6 Å². The first kappa shape index (κ1) is 13.2. The molecule has 0 fully saturated rings. The summed E-state index contributed by atoms with van der Waals surface area (Å²) in [6.45, 7) is 1.83. The van der Waals surface area contributed by atoms with E-state index >= 15 is 0 Å². The second-order valence-electron chi connectivity index (χ2n) is 3.18. The van der Waals surface area contributed by atoms with Crippen molar-refractivity contribution in [3.63, 3.8) is 0 Å². The van der Waals surface area contributed by atoms with Crippen LogP contribution >= 0.6 is 15.9 Å². The summed E-state index contributed by atoms with van der Waals surface area (Å²) >= 11 is 3.20. The van der Waals surface area contributed by atoms with E-state index in [0.717, 1.165) is 0 Å². The van der Waals surface area contributed by atoms with Crippen LogP contribution < -0.4 is 4.72 Å². The van der Waals surface area contributed by atoms with Gasteiger partial charge in [0.05, 0.1) is 10.9 Å². The lowest BCUT2D eigenvalue weighted by Crippen LogP contribution is -2.33. The summed E-state index contributed by atoms with van der Waals surface area (Å²) in [4.78, 5) is 0.198. The quantitative estimate of drug-likeness (QED) is 0.866. The molecule has 0 aliphatic rings. The molecule has 16 heavy (non-hydrogen) atoms. The lowest BCUT2D eigenvalue weighted by Gasteiger charge is -2.12. The molecule has 1 N–H and O–H groups in total. The fourth-order valence-electron chi connectivity index (χ4n) is 1.15. The lowest BCUT2D eigenvalue weighted by molar-refractivity contribution is 0.570. The first-order valence-corrected chi connectivity index (χ1v) is 7.02. The number of rotatable bonds is 4. The van der Waals surface area contributed by atoms with Crippen molar-refractivity contribution >= 4 is 26.0 Å². The van der Waals surface area contributed by atoms with E-state index in [4.69, 9.17) is 6.42 Å². The van der Waals surface area contributed by atoms with Gasteiger partial charge in [0.25, 0.3) is 0 Å². The average molecular weight is 302 g/mol. The van der Waals surface area contributed by atoms with Gasteiger partial charge in [-0.2, -0.15) is 4.72 Å². The Morgan fingerprint density at radius 1 is 1.50 bits per heavy atom. The molecule has 0 saturated carbocycles. The number of benzene rings is 1. The minimum atomic E-state index is -3.55. The van der Waals surface area contributed by atoms with Crippen LogP contribution in [0.2, 0.25) is 0 Å². The maximum atomic E-state index is 11.9. The summed E-state index contributed by atoms with van der Waals surface area (Å²) in [5.74, 6) is 2.39. The molecular weight excluding hydrogens is 290 g/mol. The van der Waals surface area contributed by atoms with Gasteiger partial charge in [0.2, 0.25) is 10.0 Å². The molecule has 0 amide bonds. The molecule has 0 aliphatic carbocycles. The van der Waals surface area contributed by atoms with Gasteiger partial charge in [-0.05, 0) is 34.5 Å². The van der Waals surface area contributed by atoms with E-state index in [9.17, 15) is 8.42 Å². The largest absolute Gasteiger partial charge is 0.242 e. The summed E-state index contributed by atoms with van der Waals surface area (Å²) in [6, 6.07) is 6.14. The maximum absolute atomic E-state index is 11.9. The van der Waals surface area contributed by atoms with Gasteiger partial charge in [-0.3, -0.25) is 0 Å². The second-order valence-corrected chi connectivity index (χ2v) is 5.72. The molecule has 0 aliphatic heterocycles. The maximum Gasteiger partial charge on any atom is 0.242 e. The zero-order chi connectivity index (χ0) is 12.2.